The zero-order valence-electron chi connectivity index (χ0n) is 11.7. The number of hydrogen-bond acceptors (Lipinski definition) is 4. The molecule has 3 rings (SSSR count). The molecule has 0 spiro atoms. The summed E-state index contributed by atoms with van der Waals surface area (Å²) >= 11 is 2.93. The van der Waals surface area contributed by atoms with Gasteiger partial charge in [-0.3, -0.25) is 9.59 Å². The highest BCUT2D eigenvalue weighted by molar-refractivity contribution is 7.17. The van der Waals surface area contributed by atoms with Crippen molar-refractivity contribution in [1.29, 1.82) is 0 Å². The van der Waals surface area contributed by atoms with Crippen LogP contribution in [-0.2, 0) is 12.8 Å². The molecule has 2 amide bonds. The summed E-state index contributed by atoms with van der Waals surface area (Å²) in [5.41, 5.74) is 7.07. The van der Waals surface area contributed by atoms with Gasteiger partial charge in [-0.1, -0.05) is 0 Å². The normalized spacial score (nSPS) is 13.8. The number of fused-ring (bicyclic) bond motifs is 1. The van der Waals surface area contributed by atoms with Crippen LogP contribution >= 0.6 is 22.7 Å². The minimum atomic E-state index is -0.452. The molecule has 0 fully saturated rings. The topological polar surface area (TPSA) is 72.2 Å². The van der Waals surface area contributed by atoms with Crippen molar-refractivity contribution >= 4 is 39.5 Å². The van der Waals surface area contributed by atoms with Crippen LogP contribution in [0.15, 0.2) is 12.1 Å². The molecule has 1 aliphatic carbocycles. The lowest BCUT2D eigenvalue weighted by atomic mass is 9.95. The molecule has 0 aliphatic heterocycles. The van der Waals surface area contributed by atoms with Gasteiger partial charge in [0, 0.05) is 9.75 Å². The third-order valence-electron chi connectivity index (χ3n) is 3.61. The maximum atomic E-state index is 12.3. The third-order valence-corrected chi connectivity index (χ3v) is 5.82. The average molecular weight is 320 g/mol. The number of amides is 2. The number of carbonyl (C=O) groups excluding carboxylic acids is 2. The van der Waals surface area contributed by atoms with Crippen molar-refractivity contribution in [3.05, 3.63) is 37.9 Å². The van der Waals surface area contributed by atoms with Crippen LogP contribution in [0.5, 0.6) is 0 Å². The Labute approximate surface area is 131 Å². The summed E-state index contributed by atoms with van der Waals surface area (Å²) in [4.78, 5) is 26.9. The zero-order valence-corrected chi connectivity index (χ0v) is 13.3. The molecule has 0 aromatic carbocycles. The van der Waals surface area contributed by atoms with Crippen LogP contribution in [0.1, 0.15) is 48.2 Å². The van der Waals surface area contributed by atoms with Crippen LogP contribution in [0.25, 0.3) is 0 Å². The summed E-state index contributed by atoms with van der Waals surface area (Å²) in [6.45, 7) is 1.96. The second kappa shape index (κ2) is 5.61. The molecule has 0 unspecified atom stereocenters. The van der Waals surface area contributed by atoms with Crippen molar-refractivity contribution in [1.82, 2.24) is 0 Å². The molecular formula is C15H16N2O2S2. The van der Waals surface area contributed by atoms with Gasteiger partial charge in [-0.15, -0.1) is 22.7 Å². The van der Waals surface area contributed by atoms with Gasteiger partial charge in [0.05, 0.1) is 10.4 Å². The van der Waals surface area contributed by atoms with Crippen LogP contribution in [0.2, 0.25) is 0 Å². The van der Waals surface area contributed by atoms with Crippen LogP contribution in [0.3, 0.4) is 0 Å². The lowest BCUT2D eigenvalue weighted by molar-refractivity contribution is 0.100. The van der Waals surface area contributed by atoms with Gasteiger partial charge in [-0.2, -0.15) is 0 Å². The molecule has 2 aromatic heterocycles. The summed E-state index contributed by atoms with van der Waals surface area (Å²) < 4.78 is 0. The first kappa shape index (κ1) is 14.3. The van der Waals surface area contributed by atoms with Gasteiger partial charge >= 0.3 is 0 Å². The highest BCUT2D eigenvalue weighted by Crippen LogP contribution is 2.38. The third kappa shape index (κ3) is 2.73. The molecule has 21 heavy (non-hydrogen) atoms. The van der Waals surface area contributed by atoms with Gasteiger partial charge < -0.3 is 11.1 Å². The monoisotopic (exact) mass is 320 g/mol. The Hall–Kier alpha value is -1.66. The number of nitrogens with one attached hydrogen (secondary N) is 1. The van der Waals surface area contributed by atoms with Crippen molar-refractivity contribution in [2.24, 2.45) is 5.73 Å². The smallest absolute Gasteiger partial charge is 0.266 e. The summed E-state index contributed by atoms with van der Waals surface area (Å²) in [5, 5.41) is 3.47. The summed E-state index contributed by atoms with van der Waals surface area (Å²) in [5.74, 6) is -0.624. The first-order chi connectivity index (χ1) is 10.1. The van der Waals surface area contributed by atoms with E-state index in [0.717, 1.165) is 36.1 Å². The van der Waals surface area contributed by atoms with Crippen molar-refractivity contribution in [3.8, 4) is 0 Å². The van der Waals surface area contributed by atoms with Gasteiger partial charge in [0.15, 0.2) is 0 Å². The SMILES string of the molecule is Cc1ccc(C(=O)Nc2sc3c(c2C(N)=O)CCCC3)s1. The van der Waals surface area contributed by atoms with Gasteiger partial charge in [0.2, 0.25) is 0 Å². The molecule has 2 aromatic rings. The molecule has 2 heterocycles. The Morgan fingerprint density at radius 2 is 1.95 bits per heavy atom. The first-order valence-corrected chi connectivity index (χ1v) is 8.51. The van der Waals surface area contributed by atoms with Crippen molar-refractivity contribution in [2.45, 2.75) is 32.6 Å². The highest BCUT2D eigenvalue weighted by atomic mass is 32.1. The number of primary amides is 1. The molecule has 0 radical (unpaired) electrons. The van der Waals surface area contributed by atoms with E-state index >= 15 is 0 Å². The van der Waals surface area contributed by atoms with Gasteiger partial charge in [0.25, 0.3) is 11.8 Å². The Kier molecular flexibility index (Phi) is 3.82. The number of anilines is 1. The predicted molar refractivity (Wildman–Crippen MR) is 86.5 cm³/mol. The van der Waals surface area contributed by atoms with Crippen molar-refractivity contribution < 1.29 is 9.59 Å². The molecule has 3 N–H and O–H groups in total. The Balaban J connectivity index is 1.93. The van der Waals surface area contributed by atoms with E-state index in [1.165, 1.54) is 27.6 Å². The highest BCUT2D eigenvalue weighted by Gasteiger charge is 2.25. The van der Waals surface area contributed by atoms with E-state index < -0.39 is 5.91 Å². The second-order valence-corrected chi connectivity index (χ2v) is 7.54. The lowest BCUT2D eigenvalue weighted by Crippen LogP contribution is -2.18. The van der Waals surface area contributed by atoms with E-state index in [1.54, 1.807) is 6.07 Å². The Bertz CT molecular complexity index is 715. The average Bonchev–Trinajstić information content (AvgIpc) is 3.01. The molecule has 0 atom stereocenters. The summed E-state index contributed by atoms with van der Waals surface area (Å²) in [6, 6.07) is 3.71. The van der Waals surface area contributed by atoms with Gasteiger partial charge in [-0.05, 0) is 50.3 Å². The maximum absolute atomic E-state index is 12.3. The fourth-order valence-electron chi connectivity index (χ4n) is 2.64. The number of hydrogen-bond donors (Lipinski definition) is 2. The van der Waals surface area contributed by atoms with E-state index in [1.807, 2.05) is 13.0 Å². The minimum Gasteiger partial charge on any atom is -0.365 e. The molecule has 6 heteroatoms. The first-order valence-electron chi connectivity index (χ1n) is 6.88. The van der Waals surface area contributed by atoms with E-state index in [4.69, 9.17) is 5.73 Å². The molecule has 0 saturated heterocycles. The predicted octanol–water partition coefficient (Wildman–Crippen LogP) is 3.35. The molecule has 0 saturated carbocycles. The molecular weight excluding hydrogens is 304 g/mol. The number of rotatable bonds is 3. The second-order valence-electron chi connectivity index (χ2n) is 5.14. The maximum Gasteiger partial charge on any atom is 0.266 e. The fraction of sp³-hybridized carbons (Fsp3) is 0.333. The Morgan fingerprint density at radius 3 is 2.62 bits per heavy atom. The molecule has 110 valence electrons. The van der Waals surface area contributed by atoms with Crippen molar-refractivity contribution in [3.63, 3.8) is 0 Å². The van der Waals surface area contributed by atoms with E-state index in [-0.39, 0.29) is 5.91 Å². The van der Waals surface area contributed by atoms with Crippen LogP contribution in [0.4, 0.5) is 5.00 Å². The van der Waals surface area contributed by atoms with Gasteiger partial charge in [0.1, 0.15) is 5.00 Å². The van der Waals surface area contributed by atoms with Crippen LogP contribution in [-0.4, -0.2) is 11.8 Å². The van der Waals surface area contributed by atoms with E-state index in [2.05, 4.69) is 5.32 Å². The van der Waals surface area contributed by atoms with Crippen molar-refractivity contribution in [2.75, 3.05) is 5.32 Å². The Morgan fingerprint density at radius 1 is 1.19 bits per heavy atom. The standard InChI is InChI=1S/C15H16N2O2S2/c1-8-6-7-11(20-8)14(19)17-15-12(13(16)18)9-4-2-3-5-10(9)21-15/h6-7H,2-5H2,1H3,(H2,16,18)(H,17,19). The van der Waals surface area contributed by atoms with E-state index in [9.17, 15) is 9.59 Å². The largest absolute Gasteiger partial charge is 0.365 e. The van der Waals surface area contributed by atoms with Crippen LogP contribution < -0.4 is 11.1 Å². The quantitative estimate of drug-likeness (QED) is 0.910. The number of nitrogens with two attached hydrogens (primary N) is 1. The number of aryl methyl sites for hydroxylation is 2. The number of thiophene rings is 2. The minimum absolute atomic E-state index is 0.172. The lowest BCUT2D eigenvalue weighted by Gasteiger charge is -2.11. The number of carbonyl (C=O) groups is 2. The van der Waals surface area contributed by atoms with Crippen LogP contribution in [0, 0.1) is 6.92 Å². The van der Waals surface area contributed by atoms with Gasteiger partial charge in [-0.25, -0.2) is 0 Å². The summed E-state index contributed by atoms with van der Waals surface area (Å²) in [6.07, 6.45) is 4.04. The molecule has 4 nitrogen and oxygen atoms in total. The zero-order chi connectivity index (χ0) is 15.0. The fourth-order valence-corrected chi connectivity index (χ4v) is 4.69. The molecule has 0 bridgehead atoms. The molecule has 1 aliphatic rings. The summed E-state index contributed by atoms with van der Waals surface area (Å²) in [7, 11) is 0. The van der Waals surface area contributed by atoms with E-state index in [0.29, 0.717) is 15.4 Å².